The predicted molar refractivity (Wildman–Crippen MR) is 57.5 cm³/mol. The summed E-state index contributed by atoms with van der Waals surface area (Å²) in [5.74, 6) is 0.710. The summed E-state index contributed by atoms with van der Waals surface area (Å²) in [6, 6.07) is 0. The number of ether oxygens (including phenoxy) is 2. The normalized spacial score (nSPS) is 27.0. The smallest absolute Gasteiger partial charge is 0.0613 e. The Bertz CT molecular complexity index is 141. The Hall–Kier alpha value is -0.120. The third kappa shape index (κ3) is 3.95. The fourth-order valence-electron chi connectivity index (χ4n) is 1.95. The summed E-state index contributed by atoms with van der Waals surface area (Å²) in [7, 11) is 0. The van der Waals surface area contributed by atoms with Crippen molar-refractivity contribution in [2.75, 3.05) is 32.9 Å². The van der Waals surface area contributed by atoms with Gasteiger partial charge in [-0.05, 0) is 25.7 Å². The van der Waals surface area contributed by atoms with Gasteiger partial charge < -0.3 is 14.8 Å². The average molecular weight is 201 g/mol. The second-order valence-corrected chi connectivity index (χ2v) is 3.77. The van der Waals surface area contributed by atoms with E-state index in [1.54, 1.807) is 0 Å². The molecule has 1 saturated heterocycles. The first kappa shape index (κ1) is 12.0. The molecule has 0 bridgehead atoms. The molecule has 2 unspecified atom stereocenters. The SMILES string of the molecule is CCOCCNCC1CCOC1CC. The fourth-order valence-corrected chi connectivity index (χ4v) is 1.95. The number of nitrogens with one attached hydrogen (secondary N) is 1. The monoisotopic (exact) mass is 201 g/mol. The Morgan fingerprint density at radius 3 is 3.00 bits per heavy atom. The van der Waals surface area contributed by atoms with Gasteiger partial charge in [0.05, 0.1) is 12.7 Å². The third-order valence-electron chi connectivity index (χ3n) is 2.78. The summed E-state index contributed by atoms with van der Waals surface area (Å²) in [5.41, 5.74) is 0. The largest absolute Gasteiger partial charge is 0.380 e. The minimum atomic E-state index is 0.481. The first-order chi connectivity index (χ1) is 6.88. The lowest BCUT2D eigenvalue weighted by atomic mass is 10.00. The Balaban J connectivity index is 2.00. The maximum absolute atomic E-state index is 5.62. The summed E-state index contributed by atoms with van der Waals surface area (Å²) < 4.78 is 10.9. The van der Waals surface area contributed by atoms with E-state index in [1.165, 1.54) is 6.42 Å². The Morgan fingerprint density at radius 1 is 1.43 bits per heavy atom. The highest BCUT2D eigenvalue weighted by Gasteiger charge is 2.25. The lowest BCUT2D eigenvalue weighted by Crippen LogP contribution is -2.30. The third-order valence-corrected chi connectivity index (χ3v) is 2.78. The van der Waals surface area contributed by atoms with Gasteiger partial charge in [-0.25, -0.2) is 0 Å². The van der Waals surface area contributed by atoms with Gasteiger partial charge in [0.2, 0.25) is 0 Å². The lowest BCUT2D eigenvalue weighted by molar-refractivity contribution is 0.0861. The number of rotatable bonds is 7. The Labute approximate surface area is 87.2 Å². The Morgan fingerprint density at radius 2 is 2.29 bits per heavy atom. The van der Waals surface area contributed by atoms with E-state index in [4.69, 9.17) is 9.47 Å². The van der Waals surface area contributed by atoms with Gasteiger partial charge in [-0.15, -0.1) is 0 Å². The fraction of sp³-hybridized carbons (Fsp3) is 1.00. The number of hydrogen-bond donors (Lipinski definition) is 1. The van der Waals surface area contributed by atoms with E-state index in [-0.39, 0.29) is 0 Å². The van der Waals surface area contributed by atoms with E-state index in [0.717, 1.165) is 39.3 Å². The van der Waals surface area contributed by atoms with Crippen LogP contribution in [-0.4, -0.2) is 39.0 Å². The first-order valence-electron chi connectivity index (χ1n) is 5.78. The molecule has 14 heavy (non-hydrogen) atoms. The second kappa shape index (κ2) is 7.21. The molecule has 0 aliphatic carbocycles. The van der Waals surface area contributed by atoms with Crippen molar-refractivity contribution in [3.63, 3.8) is 0 Å². The summed E-state index contributed by atoms with van der Waals surface area (Å²) in [6.07, 6.45) is 2.83. The van der Waals surface area contributed by atoms with Crippen LogP contribution in [0.5, 0.6) is 0 Å². The van der Waals surface area contributed by atoms with Crippen molar-refractivity contribution >= 4 is 0 Å². The molecule has 0 aromatic rings. The molecule has 0 saturated carbocycles. The zero-order chi connectivity index (χ0) is 10.2. The van der Waals surface area contributed by atoms with E-state index in [0.29, 0.717) is 12.0 Å². The molecular formula is C11H23NO2. The first-order valence-corrected chi connectivity index (χ1v) is 5.78. The van der Waals surface area contributed by atoms with Gasteiger partial charge in [-0.2, -0.15) is 0 Å². The van der Waals surface area contributed by atoms with Crippen molar-refractivity contribution in [1.82, 2.24) is 5.32 Å². The standard InChI is InChI=1S/C11H23NO2/c1-3-11-10(5-7-14-11)9-12-6-8-13-4-2/h10-12H,3-9H2,1-2H3. The molecule has 1 rings (SSSR count). The van der Waals surface area contributed by atoms with Crippen LogP contribution >= 0.6 is 0 Å². The van der Waals surface area contributed by atoms with Crippen LogP contribution < -0.4 is 5.32 Å². The summed E-state index contributed by atoms with van der Waals surface area (Å²) >= 11 is 0. The van der Waals surface area contributed by atoms with Gasteiger partial charge in [0.15, 0.2) is 0 Å². The average Bonchev–Trinajstić information content (AvgIpc) is 2.65. The van der Waals surface area contributed by atoms with Crippen molar-refractivity contribution < 1.29 is 9.47 Å². The molecule has 0 spiro atoms. The van der Waals surface area contributed by atoms with E-state index >= 15 is 0 Å². The van der Waals surface area contributed by atoms with Crippen molar-refractivity contribution in [2.45, 2.75) is 32.8 Å². The molecule has 1 aliphatic heterocycles. The van der Waals surface area contributed by atoms with E-state index in [1.807, 2.05) is 6.92 Å². The molecule has 0 radical (unpaired) electrons. The van der Waals surface area contributed by atoms with Gasteiger partial charge in [0.25, 0.3) is 0 Å². The molecular weight excluding hydrogens is 178 g/mol. The molecule has 1 N–H and O–H groups in total. The molecule has 0 aromatic carbocycles. The van der Waals surface area contributed by atoms with E-state index in [9.17, 15) is 0 Å². The van der Waals surface area contributed by atoms with Crippen LogP contribution in [-0.2, 0) is 9.47 Å². The zero-order valence-electron chi connectivity index (χ0n) is 9.42. The summed E-state index contributed by atoms with van der Waals surface area (Å²) in [4.78, 5) is 0. The van der Waals surface area contributed by atoms with Gasteiger partial charge in [0.1, 0.15) is 0 Å². The van der Waals surface area contributed by atoms with Gasteiger partial charge in [0, 0.05) is 26.3 Å². The van der Waals surface area contributed by atoms with E-state index < -0.39 is 0 Å². The molecule has 3 heteroatoms. The highest BCUT2D eigenvalue weighted by molar-refractivity contribution is 4.76. The molecule has 3 nitrogen and oxygen atoms in total. The van der Waals surface area contributed by atoms with Crippen LogP contribution in [0.3, 0.4) is 0 Å². The van der Waals surface area contributed by atoms with Crippen molar-refractivity contribution in [3.05, 3.63) is 0 Å². The van der Waals surface area contributed by atoms with Gasteiger partial charge in [-0.3, -0.25) is 0 Å². The molecule has 84 valence electrons. The molecule has 1 heterocycles. The molecule has 2 atom stereocenters. The minimum Gasteiger partial charge on any atom is -0.380 e. The van der Waals surface area contributed by atoms with Crippen LogP contribution in [0.25, 0.3) is 0 Å². The topological polar surface area (TPSA) is 30.5 Å². The van der Waals surface area contributed by atoms with Crippen molar-refractivity contribution in [2.24, 2.45) is 5.92 Å². The minimum absolute atomic E-state index is 0.481. The molecule has 0 aromatic heterocycles. The number of hydrogen-bond acceptors (Lipinski definition) is 3. The van der Waals surface area contributed by atoms with Crippen LogP contribution in [0.1, 0.15) is 26.7 Å². The van der Waals surface area contributed by atoms with Crippen molar-refractivity contribution in [1.29, 1.82) is 0 Å². The zero-order valence-corrected chi connectivity index (χ0v) is 9.42. The Kier molecular flexibility index (Phi) is 6.15. The van der Waals surface area contributed by atoms with Gasteiger partial charge in [-0.1, -0.05) is 6.92 Å². The summed E-state index contributed by atoms with van der Waals surface area (Å²) in [5, 5.41) is 3.42. The van der Waals surface area contributed by atoms with Crippen LogP contribution in [0, 0.1) is 5.92 Å². The molecule has 1 fully saturated rings. The molecule has 1 aliphatic rings. The second-order valence-electron chi connectivity index (χ2n) is 3.77. The quantitative estimate of drug-likeness (QED) is 0.632. The summed E-state index contributed by atoms with van der Waals surface area (Å²) in [6.45, 7) is 8.83. The highest BCUT2D eigenvalue weighted by Crippen LogP contribution is 2.22. The maximum atomic E-state index is 5.62. The lowest BCUT2D eigenvalue weighted by Gasteiger charge is -2.17. The van der Waals surface area contributed by atoms with Crippen LogP contribution in [0.2, 0.25) is 0 Å². The predicted octanol–water partition coefficient (Wildman–Crippen LogP) is 1.43. The van der Waals surface area contributed by atoms with E-state index in [2.05, 4.69) is 12.2 Å². The molecule has 0 amide bonds. The maximum Gasteiger partial charge on any atom is 0.0613 e. The highest BCUT2D eigenvalue weighted by atomic mass is 16.5. The van der Waals surface area contributed by atoms with Crippen LogP contribution in [0.4, 0.5) is 0 Å². The van der Waals surface area contributed by atoms with Crippen molar-refractivity contribution in [3.8, 4) is 0 Å². The van der Waals surface area contributed by atoms with Crippen LogP contribution in [0.15, 0.2) is 0 Å². The van der Waals surface area contributed by atoms with Gasteiger partial charge >= 0.3 is 0 Å².